The van der Waals surface area contributed by atoms with Crippen molar-refractivity contribution in [2.45, 2.75) is 13.3 Å². The summed E-state index contributed by atoms with van der Waals surface area (Å²) in [6, 6.07) is 5.59. The summed E-state index contributed by atoms with van der Waals surface area (Å²) in [4.78, 5) is 15.4. The summed E-state index contributed by atoms with van der Waals surface area (Å²) in [5.74, 6) is -0.0369. The molecule has 0 aliphatic carbocycles. The minimum absolute atomic E-state index is 0.0369. The monoisotopic (exact) mass is 240 g/mol. The van der Waals surface area contributed by atoms with Gasteiger partial charge in [0.25, 0.3) is 0 Å². The molecule has 1 heterocycles. The van der Waals surface area contributed by atoms with Crippen LogP contribution in [-0.2, 0) is 4.79 Å². The number of rotatable bonds is 2. The maximum Gasteiger partial charge on any atom is 0.225 e. The molecule has 1 aromatic heterocycles. The van der Waals surface area contributed by atoms with Crippen molar-refractivity contribution in [3.8, 4) is 0 Å². The van der Waals surface area contributed by atoms with Gasteiger partial charge in [-0.1, -0.05) is 35.9 Å². The van der Waals surface area contributed by atoms with E-state index in [1.807, 2.05) is 12.1 Å². The molecule has 0 aliphatic rings. The molecule has 78 valence electrons. The van der Waals surface area contributed by atoms with Crippen LogP contribution in [0.4, 0.5) is 5.13 Å². The predicted molar refractivity (Wildman–Crippen MR) is 63.6 cm³/mol. The second kappa shape index (κ2) is 4.16. The number of amides is 1. The lowest BCUT2D eigenvalue weighted by molar-refractivity contribution is -0.115. The van der Waals surface area contributed by atoms with E-state index in [4.69, 9.17) is 11.6 Å². The maximum absolute atomic E-state index is 11.2. The number of fused-ring (bicyclic) bond motifs is 1. The second-order valence-electron chi connectivity index (χ2n) is 3.01. The zero-order valence-corrected chi connectivity index (χ0v) is 9.65. The Morgan fingerprint density at radius 3 is 3.07 bits per heavy atom. The summed E-state index contributed by atoms with van der Waals surface area (Å²) in [5.41, 5.74) is 0.746. The average Bonchev–Trinajstić information content (AvgIpc) is 2.62. The number of benzene rings is 1. The molecule has 0 bridgehead atoms. The fraction of sp³-hybridized carbons (Fsp3) is 0.200. The van der Waals surface area contributed by atoms with Gasteiger partial charge in [0.05, 0.1) is 9.72 Å². The van der Waals surface area contributed by atoms with Gasteiger partial charge in [-0.05, 0) is 12.1 Å². The van der Waals surface area contributed by atoms with E-state index in [0.717, 1.165) is 10.2 Å². The normalized spacial score (nSPS) is 10.5. The molecule has 2 aromatic rings. The average molecular weight is 241 g/mol. The van der Waals surface area contributed by atoms with Gasteiger partial charge < -0.3 is 5.32 Å². The topological polar surface area (TPSA) is 42.0 Å². The van der Waals surface area contributed by atoms with Crippen LogP contribution in [0, 0.1) is 0 Å². The fourth-order valence-corrected chi connectivity index (χ4v) is 2.36. The summed E-state index contributed by atoms with van der Waals surface area (Å²) in [5, 5.41) is 3.93. The van der Waals surface area contributed by atoms with Crippen molar-refractivity contribution in [1.82, 2.24) is 4.98 Å². The Balaban J connectivity index is 2.39. The highest BCUT2D eigenvalue weighted by Gasteiger charge is 2.08. The van der Waals surface area contributed by atoms with Gasteiger partial charge in [-0.15, -0.1) is 0 Å². The quantitative estimate of drug-likeness (QED) is 0.875. The minimum atomic E-state index is -0.0369. The van der Waals surface area contributed by atoms with Crippen LogP contribution in [0.25, 0.3) is 10.2 Å². The van der Waals surface area contributed by atoms with Crippen molar-refractivity contribution in [2.75, 3.05) is 5.32 Å². The molecule has 0 spiro atoms. The van der Waals surface area contributed by atoms with E-state index in [1.165, 1.54) is 11.3 Å². The number of carbonyl (C=O) groups excluding carboxylic acids is 1. The Morgan fingerprint density at radius 1 is 1.60 bits per heavy atom. The van der Waals surface area contributed by atoms with E-state index in [9.17, 15) is 4.79 Å². The van der Waals surface area contributed by atoms with Gasteiger partial charge in [0, 0.05) is 6.42 Å². The number of carbonyl (C=O) groups is 1. The highest BCUT2D eigenvalue weighted by atomic mass is 35.5. The second-order valence-corrected chi connectivity index (χ2v) is 4.45. The van der Waals surface area contributed by atoms with Gasteiger partial charge in [0.1, 0.15) is 5.52 Å². The maximum atomic E-state index is 11.2. The van der Waals surface area contributed by atoms with Gasteiger partial charge >= 0.3 is 0 Å². The Hall–Kier alpha value is -1.13. The molecule has 1 N–H and O–H groups in total. The first-order valence-electron chi connectivity index (χ1n) is 4.55. The molecular weight excluding hydrogens is 232 g/mol. The smallest absolute Gasteiger partial charge is 0.225 e. The predicted octanol–water partition coefficient (Wildman–Crippen LogP) is 3.30. The van der Waals surface area contributed by atoms with E-state index in [-0.39, 0.29) is 5.91 Å². The molecular formula is C10H9ClN2OS. The van der Waals surface area contributed by atoms with Crippen LogP contribution in [-0.4, -0.2) is 10.9 Å². The Kier molecular flexibility index (Phi) is 2.88. The molecule has 1 aromatic carbocycles. The number of nitrogens with one attached hydrogen (secondary N) is 1. The first-order chi connectivity index (χ1) is 7.20. The standard InChI is InChI=1S/C10H9ClN2OS/c1-2-8(14)12-10-13-9-6(11)4-3-5-7(9)15-10/h3-5H,2H2,1H3,(H,12,13,14). The van der Waals surface area contributed by atoms with Crippen molar-refractivity contribution in [3.05, 3.63) is 23.2 Å². The van der Waals surface area contributed by atoms with Crippen molar-refractivity contribution in [2.24, 2.45) is 0 Å². The SMILES string of the molecule is CCC(=O)Nc1nc2c(Cl)cccc2s1. The van der Waals surface area contributed by atoms with Crippen LogP contribution >= 0.6 is 22.9 Å². The van der Waals surface area contributed by atoms with E-state index in [0.29, 0.717) is 16.6 Å². The van der Waals surface area contributed by atoms with Crippen molar-refractivity contribution in [3.63, 3.8) is 0 Å². The number of nitrogens with zero attached hydrogens (tertiary/aromatic N) is 1. The molecule has 0 saturated heterocycles. The van der Waals surface area contributed by atoms with Crippen molar-refractivity contribution < 1.29 is 4.79 Å². The Bertz CT molecular complexity index is 509. The van der Waals surface area contributed by atoms with Crippen molar-refractivity contribution >= 4 is 44.2 Å². The summed E-state index contributed by atoms with van der Waals surface area (Å²) in [6.45, 7) is 1.80. The van der Waals surface area contributed by atoms with E-state index in [1.54, 1.807) is 13.0 Å². The van der Waals surface area contributed by atoms with Gasteiger partial charge in [-0.25, -0.2) is 4.98 Å². The molecule has 2 rings (SSSR count). The molecule has 5 heteroatoms. The number of aromatic nitrogens is 1. The number of hydrogen-bond donors (Lipinski definition) is 1. The zero-order valence-electron chi connectivity index (χ0n) is 8.08. The minimum Gasteiger partial charge on any atom is -0.302 e. The first kappa shape index (κ1) is 10.4. The van der Waals surface area contributed by atoms with Crippen LogP contribution in [0.5, 0.6) is 0 Å². The Labute approximate surface area is 96.1 Å². The lowest BCUT2D eigenvalue weighted by Gasteiger charge is -1.95. The third-order valence-corrected chi connectivity index (χ3v) is 3.18. The first-order valence-corrected chi connectivity index (χ1v) is 5.75. The lowest BCUT2D eigenvalue weighted by Crippen LogP contribution is -2.08. The molecule has 0 atom stereocenters. The van der Waals surface area contributed by atoms with Crippen LogP contribution < -0.4 is 5.32 Å². The fourth-order valence-electron chi connectivity index (χ4n) is 1.18. The molecule has 0 radical (unpaired) electrons. The van der Waals surface area contributed by atoms with Crippen LogP contribution in [0.1, 0.15) is 13.3 Å². The third-order valence-electron chi connectivity index (χ3n) is 1.94. The summed E-state index contributed by atoms with van der Waals surface area (Å²) < 4.78 is 0.980. The van der Waals surface area contributed by atoms with E-state index >= 15 is 0 Å². The molecule has 0 saturated carbocycles. The van der Waals surface area contributed by atoms with E-state index < -0.39 is 0 Å². The number of anilines is 1. The number of thiazole rings is 1. The van der Waals surface area contributed by atoms with Crippen LogP contribution in [0.15, 0.2) is 18.2 Å². The molecule has 0 unspecified atom stereocenters. The summed E-state index contributed by atoms with van der Waals surface area (Å²) >= 11 is 7.40. The van der Waals surface area contributed by atoms with E-state index in [2.05, 4.69) is 10.3 Å². The van der Waals surface area contributed by atoms with Gasteiger partial charge in [-0.2, -0.15) is 0 Å². The van der Waals surface area contributed by atoms with Crippen molar-refractivity contribution in [1.29, 1.82) is 0 Å². The number of halogens is 1. The molecule has 1 amide bonds. The molecule has 0 fully saturated rings. The molecule has 0 aliphatic heterocycles. The summed E-state index contributed by atoms with van der Waals surface area (Å²) in [7, 11) is 0. The molecule has 3 nitrogen and oxygen atoms in total. The molecule has 15 heavy (non-hydrogen) atoms. The third kappa shape index (κ3) is 2.11. The summed E-state index contributed by atoms with van der Waals surface area (Å²) in [6.07, 6.45) is 0.448. The van der Waals surface area contributed by atoms with Gasteiger partial charge in [-0.3, -0.25) is 4.79 Å². The lowest BCUT2D eigenvalue weighted by atomic mass is 10.3. The van der Waals surface area contributed by atoms with Crippen LogP contribution in [0.2, 0.25) is 5.02 Å². The highest BCUT2D eigenvalue weighted by molar-refractivity contribution is 7.22. The zero-order chi connectivity index (χ0) is 10.8. The highest BCUT2D eigenvalue weighted by Crippen LogP contribution is 2.30. The number of hydrogen-bond acceptors (Lipinski definition) is 3. The van der Waals surface area contributed by atoms with Crippen LogP contribution in [0.3, 0.4) is 0 Å². The van der Waals surface area contributed by atoms with Gasteiger partial charge in [0.15, 0.2) is 5.13 Å². The number of para-hydroxylation sites is 1. The van der Waals surface area contributed by atoms with Gasteiger partial charge in [0.2, 0.25) is 5.91 Å². The largest absolute Gasteiger partial charge is 0.302 e. The Morgan fingerprint density at radius 2 is 2.40 bits per heavy atom.